The Balaban J connectivity index is 1.75. The fraction of sp³-hybridized carbons (Fsp3) is 0.647. The van der Waals surface area contributed by atoms with Crippen molar-refractivity contribution in [3.63, 3.8) is 0 Å². The van der Waals surface area contributed by atoms with Gasteiger partial charge >= 0.3 is 6.09 Å². The molecule has 0 aliphatic carbocycles. The second-order valence-electron chi connectivity index (χ2n) is 6.89. The summed E-state index contributed by atoms with van der Waals surface area (Å²) >= 11 is 3.35. The molecule has 0 N–H and O–H groups in total. The van der Waals surface area contributed by atoms with Gasteiger partial charge in [0, 0.05) is 29.8 Å². The Morgan fingerprint density at radius 2 is 2.22 bits per heavy atom. The monoisotopic (exact) mass is 384 g/mol. The van der Waals surface area contributed by atoms with Crippen LogP contribution in [-0.2, 0) is 4.74 Å². The number of likely N-dealkylation sites (tertiary alicyclic amines) is 1. The molecule has 1 fully saturated rings. The molecule has 0 unspecified atom stereocenters. The van der Waals surface area contributed by atoms with Gasteiger partial charge < -0.3 is 14.4 Å². The predicted molar refractivity (Wildman–Crippen MR) is 92.6 cm³/mol. The zero-order valence-electron chi connectivity index (χ0n) is 14.0. The lowest BCUT2D eigenvalue weighted by atomic mass is 9.95. The average Bonchev–Trinajstić information content (AvgIpc) is 2.48. The molecule has 1 saturated heterocycles. The third kappa shape index (κ3) is 6.37. The molecule has 128 valence electrons. The van der Waals surface area contributed by atoms with Crippen molar-refractivity contribution in [1.82, 2.24) is 9.88 Å². The number of hydrogen-bond donors (Lipinski definition) is 0. The summed E-state index contributed by atoms with van der Waals surface area (Å²) in [6, 6.07) is 3.76. The lowest BCUT2D eigenvalue weighted by molar-refractivity contribution is 0.0154. The second kappa shape index (κ2) is 7.99. The van der Waals surface area contributed by atoms with Crippen LogP contribution in [0, 0.1) is 5.92 Å². The Morgan fingerprint density at radius 1 is 1.43 bits per heavy atom. The van der Waals surface area contributed by atoms with Gasteiger partial charge in [-0.05, 0) is 67.9 Å². The summed E-state index contributed by atoms with van der Waals surface area (Å²) < 4.78 is 12.1. The minimum Gasteiger partial charge on any atom is -0.478 e. The number of aromatic nitrogens is 1. The normalized spacial score (nSPS) is 18.6. The molecule has 0 bridgehead atoms. The fourth-order valence-corrected chi connectivity index (χ4v) is 2.81. The molecule has 1 aromatic rings. The van der Waals surface area contributed by atoms with Crippen LogP contribution >= 0.6 is 15.9 Å². The molecule has 0 saturated carbocycles. The summed E-state index contributed by atoms with van der Waals surface area (Å²) in [5.74, 6) is 1.08. The summed E-state index contributed by atoms with van der Waals surface area (Å²) in [5.41, 5.74) is -0.444. The largest absolute Gasteiger partial charge is 0.478 e. The van der Waals surface area contributed by atoms with E-state index < -0.39 is 5.60 Å². The molecule has 1 atom stereocenters. The first-order valence-electron chi connectivity index (χ1n) is 8.06. The number of carbonyl (C=O) groups excluding carboxylic acids is 1. The number of halogens is 1. The van der Waals surface area contributed by atoms with Crippen LogP contribution in [0.5, 0.6) is 5.88 Å². The summed E-state index contributed by atoms with van der Waals surface area (Å²) in [5, 5.41) is 0. The van der Waals surface area contributed by atoms with Gasteiger partial charge in [-0.2, -0.15) is 0 Å². The van der Waals surface area contributed by atoms with E-state index in [-0.39, 0.29) is 6.09 Å². The highest BCUT2D eigenvalue weighted by molar-refractivity contribution is 9.10. The van der Waals surface area contributed by atoms with Crippen molar-refractivity contribution in [3.05, 3.63) is 22.8 Å². The Bertz CT molecular complexity index is 514. The number of pyridine rings is 1. The first kappa shape index (κ1) is 18.0. The number of amides is 1. The van der Waals surface area contributed by atoms with Crippen molar-refractivity contribution in [2.75, 3.05) is 19.7 Å². The van der Waals surface area contributed by atoms with Crippen LogP contribution in [0.1, 0.15) is 40.0 Å². The van der Waals surface area contributed by atoms with Crippen molar-refractivity contribution >= 4 is 22.0 Å². The molecular weight excluding hydrogens is 360 g/mol. The van der Waals surface area contributed by atoms with Gasteiger partial charge in [-0.15, -0.1) is 0 Å². The van der Waals surface area contributed by atoms with Crippen molar-refractivity contribution in [1.29, 1.82) is 0 Å². The van der Waals surface area contributed by atoms with Crippen LogP contribution < -0.4 is 4.74 Å². The summed E-state index contributed by atoms with van der Waals surface area (Å²) in [4.78, 5) is 18.2. The summed E-state index contributed by atoms with van der Waals surface area (Å²) in [6.07, 6.45) is 4.56. The minimum atomic E-state index is -0.444. The third-order valence-corrected chi connectivity index (χ3v) is 4.12. The van der Waals surface area contributed by atoms with E-state index in [1.54, 1.807) is 6.20 Å². The molecule has 2 rings (SSSR count). The van der Waals surface area contributed by atoms with Gasteiger partial charge in [0.05, 0.1) is 6.61 Å². The van der Waals surface area contributed by atoms with Crippen molar-refractivity contribution in [3.8, 4) is 5.88 Å². The Hall–Kier alpha value is -1.30. The Labute approximate surface area is 146 Å². The molecule has 1 amide bonds. The zero-order valence-corrected chi connectivity index (χ0v) is 15.6. The summed E-state index contributed by atoms with van der Waals surface area (Å²) in [7, 11) is 0. The average molecular weight is 385 g/mol. The quantitative estimate of drug-likeness (QED) is 0.777. The van der Waals surface area contributed by atoms with Crippen LogP contribution in [-0.4, -0.2) is 41.3 Å². The molecule has 1 aliphatic rings. The number of ether oxygens (including phenoxy) is 2. The van der Waals surface area contributed by atoms with Gasteiger partial charge in [-0.25, -0.2) is 9.78 Å². The lowest BCUT2D eigenvalue weighted by Gasteiger charge is -2.34. The van der Waals surface area contributed by atoms with Gasteiger partial charge in [0.2, 0.25) is 5.88 Å². The fourth-order valence-electron chi connectivity index (χ4n) is 2.57. The minimum absolute atomic E-state index is 0.210. The van der Waals surface area contributed by atoms with E-state index in [1.165, 1.54) is 0 Å². The van der Waals surface area contributed by atoms with Gasteiger partial charge in [0.15, 0.2) is 0 Å². The Morgan fingerprint density at radius 3 is 2.87 bits per heavy atom. The molecule has 0 radical (unpaired) electrons. The van der Waals surface area contributed by atoms with E-state index in [1.807, 2.05) is 37.8 Å². The van der Waals surface area contributed by atoms with E-state index in [0.29, 0.717) is 18.4 Å². The smallest absolute Gasteiger partial charge is 0.410 e. The topological polar surface area (TPSA) is 51.7 Å². The molecule has 0 aromatic carbocycles. The first-order valence-corrected chi connectivity index (χ1v) is 8.85. The van der Waals surface area contributed by atoms with Crippen molar-refractivity contribution in [2.45, 2.75) is 45.6 Å². The standard InChI is InChI=1S/C17H25BrN2O3/c1-17(2,3)23-16(21)20-9-4-5-13(12-20)8-10-22-15-7-6-14(18)11-19-15/h6-7,11,13H,4-5,8-10,12H2,1-3H3/t13-/m0/s1. The van der Waals surface area contributed by atoms with E-state index in [0.717, 1.165) is 36.8 Å². The number of piperidine rings is 1. The van der Waals surface area contributed by atoms with Gasteiger partial charge in [0.1, 0.15) is 5.60 Å². The van der Waals surface area contributed by atoms with Crippen molar-refractivity contribution in [2.24, 2.45) is 5.92 Å². The van der Waals surface area contributed by atoms with Crippen LogP contribution in [0.4, 0.5) is 4.79 Å². The highest BCUT2D eigenvalue weighted by Crippen LogP contribution is 2.22. The van der Waals surface area contributed by atoms with Crippen LogP contribution in [0.25, 0.3) is 0 Å². The zero-order chi connectivity index (χ0) is 16.9. The van der Waals surface area contributed by atoms with E-state index in [2.05, 4.69) is 20.9 Å². The summed E-state index contributed by atoms with van der Waals surface area (Å²) in [6.45, 7) is 7.82. The maximum absolute atomic E-state index is 12.1. The molecule has 23 heavy (non-hydrogen) atoms. The van der Waals surface area contributed by atoms with Gasteiger partial charge in [-0.1, -0.05) is 0 Å². The van der Waals surface area contributed by atoms with E-state index >= 15 is 0 Å². The predicted octanol–water partition coefficient (Wildman–Crippen LogP) is 4.26. The molecule has 1 aromatic heterocycles. The molecule has 5 nitrogen and oxygen atoms in total. The molecular formula is C17H25BrN2O3. The van der Waals surface area contributed by atoms with Gasteiger partial charge in [0.25, 0.3) is 0 Å². The number of hydrogen-bond acceptors (Lipinski definition) is 4. The number of nitrogens with zero attached hydrogens (tertiary/aromatic N) is 2. The maximum atomic E-state index is 12.1. The second-order valence-corrected chi connectivity index (χ2v) is 7.80. The molecule has 6 heteroatoms. The number of carbonyl (C=O) groups is 1. The SMILES string of the molecule is CC(C)(C)OC(=O)N1CCC[C@@H](CCOc2ccc(Br)cn2)C1. The van der Waals surface area contributed by atoms with Crippen molar-refractivity contribution < 1.29 is 14.3 Å². The van der Waals surface area contributed by atoms with Crippen LogP contribution in [0.15, 0.2) is 22.8 Å². The third-order valence-electron chi connectivity index (χ3n) is 3.65. The highest BCUT2D eigenvalue weighted by Gasteiger charge is 2.27. The van der Waals surface area contributed by atoms with Gasteiger partial charge in [-0.3, -0.25) is 0 Å². The maximum Gasteiger partial charge on any atom is 0.410 e. The van der Waals surface area contributed by atoms with Crippen LogP contribution in [0.2, 0.25) is 0 Å². The molecule has 0 spiro atoms. The van der Waals surface area contributed by atoms with E-state index in [9.17, 15) is 4.79 Å². The van der Waals surface area contributed by atoms with Crippen LogP contribution in [0.3, 0.4) is 0 Å². The lowest BCUT2D eigenvalue weighted by Crippen LogP contribution is -2.43. The Kier molecular flexibility index (Phi) is 6.27. The molecule has 2 heterocycles. The number of rotatable bonds is 4. The molecule has 1 aliphatic heterocycles. The van der Waals surface area contributed by atoms with E-state index in [4.69, 9.17) is 9.47 Å². The first-order chi connectivity index (χ1) is 10.8. The highest BCUT2D eigenvalue weighted by atomic mass is 79.9.